The molecule has 0 radical (unpaired) electrons. The van der Waals surface area contributed by atoms with Crippen LogP contribution in [0.25, 0.3) is 16.6 Å². The number of fused-ring (bicyclic) bond motifs is 1. The third kappa shape index (κ3) is 1.69. The molecule has 5 heteroatoms. The van der Waals surface area contributed by atoms with E-state index in [0.717, 1.165) is 22.2 Å². The van der Waals surface area contributed by atoms with Crippen LogP contribution in [0, 0.1) is 0 Å². The summed E-state index contributed by atoms with van der Waals surface area (Å²) in [6.07, 6.45) is 5.45. The van der Waals surface area contributed by atoms with Crippen molar-refractivity contribution in [3.8, 4) is 5.69 Å². The maximum atomic E-state index is 9.99. The van der Waals surface area contributed by atoms with Crippen molar-refractivity contribution in [3.63, 3.8) is 0 Å². The summed E-state index contributed by atoms with van der Waals surface area (Å²) < 4.78 is 1.84. The molecule has 0 aliphatic rings. The number of rotatable bonds is 3. The zero-order valence-electron chi connectivity index (χ0n) is 10.0. The highest BCUT2D eigenvalue weighted by Gasteiger charge is 2.11. The summed E-state index contributed by atoms with van der Waals surface area (Å²) in [7, 11) is 0. The monoisotopic (exact) mass is 242 g/mol. The van der Waals surface area contributed by atoms with Crippen molar-refractivity contribution in [2.75, 3.05) is 0 Å². The Hall–Kier alpha value is -2.14. The maximum absolute atomic E-state index is 9.99. The van der Waals surface area contributed by atoms with Gasteiger partial charge < -0.3 is 10.1 Å². The van der Waals surface area contributed by atoms with Crippen LogP contribution in [0.15, 0.2) is 37.1 Å². The van der Waals surface area contributed by atoms with E-state index in [4.69, 9.17) is 0 Å². The zero-order valence-corrected chi connectivity index (χ0v) is 10.0. The Morgan fingerprint density at radius 2 is 2.11 bits per heavy atom. The first-order valence-electron chi connectivity index (χ1n) is 5.93. The molecule has 18 heavy (non-hydrogen) atoms. The molecule has 0 saturated carbocycles. The van der Waals surface area contributed by atoms with Gasteiger partial charge in [-0.1, -0.05) is 6.92 Å². The molecule has 0 bridgehead atoms. The van der Waals surface area contributed by atoms with E-state index in [9.17, 15) is 5.11 Å². The number of nitrogens with zero attached hydrogens (tertiary/aromatic N) is 3. The highest BCUT2D eigenvalue weighted by Crippen LogP contribution is 2.27. The molecular weight excluding hydrogens is 228 g/mol. The third-order valence-corrected chi connectivity index (χ3v) is 3.16. The van der Waals surface area contributed by atoms with E-state index in [1.165, 1.54) is 0 Å². The lowest BCUT2D eigenvalue weighted by Crippen LogP contribution is -1.94. The first-order valence-corrected chi connectivity index (χ1v) is 5.93. The number of nitrogens with one attached hydrogen (secondary N) is 1. The van der Waals surface area contributed by atoms with Crippen LogP contribution in [0.4, 0.5) is 0 Å². The quantitative estimate of drug-likeness (QED) is 0.739. The van der Waals surface area contributed by atoms with Crippen LogP contribution in [0.1, 0.15) is 25.0 Å². The van der Waals surface area contributed by atoms with Crippen molar-refractivity contribution < 1.29 is 5.11 Å². The number of aliphatic hydroxyl groups is 1. The predicted octanol–water partition coefficient (Wildman–Crippen LogP) is 2.19. The number of aromatic nitrogens is 4. The lowest BCUT2D eigenvalue weighted by atomic mass is 10.1. The van der Waals surface area contributed by atoms with Crippen LogP contribution < -0.4 is 0 Å². The smallest absolute Gasteiger partial charge is 0.123 e. The van der Waals surface area contributed by atoms with E-state index < -0.39 is 6.10 Å². The Bertz CT molecular complexity index is 657. The standard InChI is InChI=1S/C13H14N4O/c1-2-13(18)11-6-14-12-4-3-9(5-10(11)12)17-7-15-16-8-17/h3-8,13-14,18H,2H2,1H3. The molecule has 0 saturated heterocycles. The second kappa shape index (κ2) is 4.27. The van der Waals surface area contributed by atoms with Crippen LogP contribution in [0.3, 0.4) is 0 Å². The van der Waals surface area contributed by atoms with Gasteiger partial charge in [0, 0.05) is 28.4 Å². The fourth-order valence-electron chi connectivity index (χ4n) is 2.12. The molecule has 0 aliphatic heterocycles. The predicted molar refractivity (Wildman–Crippen MR) is 68.5 cm³/mol. The average Bonchev–Trinajstić information content (AvgIpc) is 3.06. The highest BCUT2D eigenvalue weighted by atomic mass is 16.3. The molecule has 3 rings (SSSR count). The summed E-state index contributed by atoms with van der Waals surface area (Å²) in [5.74, 6) is 0. The van der Waals surface area contributed by atoms with Crippen molar-refractivity contribution in [3.05, 3.63) is 42.6 Å². The topological polar surface area (TPSA) is 66.7 Å². The maximum Gasteiger partial charge on any atom is 0.123 e. The molecular formula is C13H14N4O. The van der Waals surface area contributed by atoms with Gasteiger partial charge >= 0.3 is 0 Å². The van der Waals surface area contributed by atoms with Gasteiger partial charge in [0.25, 0.3) is 0 Å². The molecule has 1 atom stereocenters. The number of benzene rings is 1. The minimum Gasteiger partial charge on any atom is -0.388 e. The minimum absolute atomic E-state index is 0.435. The van der Waals surface area contributed by atoms with Crippen LogP contribution >= 0.6 is 0 Å². The molecule has 2 N–H and O–H groups in total. The van der Waals surface area contributed by atoms with Crippen LogP contribution in [-0.2, 0) is 0 Å². The van der Waals surface area contributed by atoms with Gasteiger partial charge in [0.05, 0.1) is 6.10 Å². The molecule has 0 fully saturated rings. The van der Waals surface area contributed by atoms with E-state index in [-0.39, 0.29) is 0 Å². The molecule has 92 valence electrons. The van der Waals surface area contributed by atoms with Crippen molar-refractivity contribution in [1.82, 2.24) is 19.7 Å². The summed E-state index contributed by atoms with van der Waals surface area (Å²) in [6, 6.07) is 6.02. The van der Waals surface area contributed by atoms with E-state index >= 15 is 0 Å². The largest absolute Gasteiger partial charge is 0.388 e. The van der Waals surface area contributed by atoms with Crippen LogP contribution in [0.2, 0.25) is 0 Å². The number of hydrogen-bond acceptors (Lipinski definition) is 3. The summed E-state index contributed by atoms with van der Waals surface area (Å²) in [5, 5.41) is 18.6. The Kier molecular flexibility index (Phi) is 2.60. The molecule has 1 unspecified atom stereocenters. The van der Waals surface area contributed by atoms with Gasteiger partial charge in [0.2, 0.25) is 0 Å². The van der Waals surface area contributed by atoms with Gasteiger partial charge in [-0.15, -0.1) is 10.2 Å². The van der Waals surface area contributed by atoms with Crippen molar-refractivity contribution in [1.29, 1.82) is 0 Å². The molecule has 0 aliphatic carbocycles. The van der Waals surface area contributed by atoms with Crippen LogP contribution in [0.5, 0.6) is 0 Å². The number of hydrogen-bond donors (Lipinski definition) is 2. The van der Waals surface area contributed by atoms with E-state index in [1.54, 1.807) is 12.7 Å². The molecule has 3 aromatic rings. The fraction of sp³-hybridized carbons (Fsp3) is 0.231. The first-order chi connectivity index (χ1) is 8.79. The Balaban J connectivity index is 2.15. The number of aromatic amines is 1. The Morgan fingerprint density at radius 3 is 2.83 bits per heavy atom. The lowest BCUT2D eigenvalue weighted by molar-refractivity contribution is 0.175. The van der Waals surface area contributed by atoms with Gasteiger partial charge in [-0.25, -0.2) is 0 Å². The SMILES string of the molecule is CCC(O)c1c[nH]c2ccc(-n3cnnc3)cc12. The van der Waals surface area contributed by atoms with Gasteiger partial charge in [-0.05, 0) is 24.6 Å². The Morgan fingerprint density at radius 1 is 1.33 bits per heavy atom. The van der Waals surface area contributed by atoms with Gasteiger partial charge in [-0.3, -0.25) is 4.57 Å². The minimum atomic E-state index is -0.435. The number of H-pyrrole nitrogens is 1. The summed E-state index contributed by atoms with van der Waals surface area (Å²) in [5.41, 5.74) is 2.94. The fourth-order valence-corrected chi connectivity index (χ4v) is 2.12. The van der Waals surface area contributed by atoms with Crippen LogP contribution in [-0.4, -0.2) is 24.9 Å². The van der Waals surface area contributed by atoms with Crippen molar-refractivity contribution >= 4 is 10.9 Å². The molecule has 2 aromatic heterocycles. The zero-order chi connectivity index (χ0) is 12.5. The number of aliphatic hydroxyl groups excluding tert-OH is 1. The molecule has 2 heterocycles. The summed E-state index contributed by atoms with van der Waals surface area (Å²) >= 11 is 0. The summed E-state index contributed by atoms with van der Waals surface area (Å²) in [4.78, 5) is 3.18. The van der Waals surface area contributed by atoms with Crippen molar-refractivity contribution in [2.45, 2.75) is 19.4 Å². The normalized spacial score (nSPS) is 13.0. The molecule has 1 aromatic carbocycles. The van der Waals surface area contributed by atoms with E-state index in [0.29, 0.717) is 6.42 Å². The van der Waals surface area contributed by atoms with Crippen molar-refractivity contribution in [2.24, 2.45) is 0 Å². The average molecular weight is 242 g/mol. The summed E-state index contributed by atoms with van der Waals surface area (Å²) in [6.45, 7) is 1.97. The second-order valence-electron chi connectivity index (χ2n) is 4.27. The molecule has 0 spiro atoms. The second-order valence-corrected chi connectivity index (χ2v) is 4.27. The van der Waals surface area contributed by atoms with Gasteiger partial charge in [0.15, 0.2) is 0 Å². The Labute approximate surface area is 104 Å². The molecule has 5 nitrogen and oxygen atoms in total. The first kappa shape index (κ1) is 11.0. The van der Waals surface area contributed by atoms with E-state index in [1.807, 2.05) is 35.9 Å². The van der Waals surface area contributed by atoms with E-state index in [2.05, 4.69) is 15.2 Å². The van der Waals surface area contributed by atoms with Gasteiger partial charge in [0.1, 0.15) is 12.7 Å². The third-order valence-electron chi connectivity index (χ3n) is 3.16. The molecule has 0 amide bonds. The lowest BCUT2D eigenvalue weighted by Gasteiger charge is -2.07. The highest BCUT2D eigenvalue weighted by molar-refractivity contribution is 5.85. The van der Waals surface area contributed by atoms with Gasteiger partial charge in [-0.2, -0.15) is 0 Å².